The standard InChI is InChI=1S/C32H43N5O7/c1-20-16-23(38)17-21(2)24(20)19-26(35-31(41)42-6)28(39)34-25(14-10-11-15-33-30(40)43-32(3,4)5)29-36-27(37-44-29)18-22-12-8-7-9-13-22/h7-9,12-13,16-17,25-26,38H,10-11,14-15,18-19H2,1-6H3,(H,33,40)(H,34,39)(H,35,41)/t25-,26+/m0/s1. The third-order valence-electron chi connectivity index (χ3n) is 6.77. The lowest BCUT2D eigenvalue weighted by molar-refractivity contribution is -0.124. The number of methoxy groups -OCH3 is 1. The van der Waals surface area contributed by atoms with Gasteiger partial charge in [-0.25, -0.2) is 9.59 Å². The van der Waals surface area contributed by atoms with E-state index in [4.69, 9.17) is 14.0 Å². The highest BCUT2D eigenvalue weighted by atomic mass is 16.6. The number of nitrogens with one attached hydrogen (secondary N) is 3. The predicted octanol–water partition coefficient (Wildman–Crippen LogP) is 4.80. The summed E-state index contributed by atoms with van der Waals surface area (Å²) in [7, 11) is 1.22. The van der Waals surface area contributed by atoms with Crippen LogP contribution in [-0.4, -0.2) is 58.6 Å². The van der Waals surface area contributed by atoms with Crippen LogP contribution in [0.3, 0.4) is 0 Å². The largest absolute Gasteiger partial charge is 0.508 e. The first-order chi connectivity index (χ1) is 20.8. The minimum absolute atomic E-state index is 0.120. The summed E-state index contributed by atoms with van der Waals surface area (Å²) in [6, 6.07) is 11.3. The van der Waals surface area contributed by atoms with Crippen molar-refractivity contribution >= 4 is 18.1 Å². The molecule has 0 spiro atoms. The Morgan fingerprint density at radius 3 is 2.32 bits per heavy atom. The summed E-state index contributed by atoms with van der Waals surface area (Å²) in [5.41, 5.74) is 2.79. The Bertz CT molecular complexity index is 1380. The van der Waals surface area contributed by atoms with Gasteiger partial charge >= 0.3 is 12.2 Å². The van der Waals surface area contributed by atoms with Gasteiger partial charge in [-0.1, -0.05) is 35.5 Å². The van der Waals surface area contributed by atoms with E-state index in [-0.39, 0.29) is 18.1 Å². The van der Waals surface area contributed by atoms with Crippen LogP contribution in [0.15, 0.2) is 47.0 Å². The molecule has 12 heteroatoms. The smallest absolute Gasteiger partial charge is 0.407 e. The highest BCUT2D eigenvalue weighted by molar-refractivity contribution is 5.86. The van der Waals surface area contributed by atoms with Crippen molar-refractivity contribution in [3.8, 4) is 5.75 Å². The molecule has 0 saturated heterocycles. The van der Waals surface area contributed by atoms with E-state index in [1.807, 2.05) is 44.2 Å². The molecule has 0 unspecified atom stereocenters. The number of phenols is 1. The average molecular weight is 610 g/mol. The zero-order chi connectivity index (χ0) is 32.3. The number of benzene rings is 2. The third-order valence-corrected chi connectivity index (χ3v) is 6.77. The molecule has 2 aromatic carbocycles. The zero-order valence-corrected chi connectivity index (χ0v) is 26.2. The van der Waals surface area contributed by atoms with Gasteiger partial charge in [0.15, 0.2) is 5.82 Å². The lowest BCUT2D eigenvalue weighted by Gasteiger charge is -2.23. The maximum Gasteiger partial charge on any atom is 0.407 e. The Morgan fingerprint density at radius 1 is 1.00 bits per heavy atom. The van der Waals surface area contributed by atoms with E-state index in [0.29, 0.717) is 38.1 Å². The summed E-state index contributed by atoms with van der Waals surface area (Å²) in [5.74, 6) is 0.353. The van der Waals surface area contributed by atoms with Crippen LogP contribution >= 0.6 is 0 Å². The molecule has 0 aliphatic rings. The number of carbonyl (C=O) groups excluding carboxylic acids is 3. The first-order valence-electron chi connectivity index (χ1n) is 14.6. The Labute approximate surface area is 257 Å². The van der Waals surface area contributed by atoms with Crippen molar-refractivity contribution < 1.29 is 33.5 Å². The summed E-state index contributed by atoms with van der Waals surface area (Å²) in [5, 5.41) is 22.4. The van der Waals surface area contributed by atoms with Crippen LogP contribution < -0.4 is 16.0 Å². The van der Waals surface area contributed by atoms with Crippen molar-refractivity contribution in [3.05, 3.63) is 76.4 Å². The summed E-state index contributed by atoms with van der Waals surface area (Å²) < 4.78 is 15.7. The number of phenolic OH excluding ortho intramolecular Hbond substituents is 1. The number of nitrogens with zero attached hydrogens (tertiary/aromatic N) is 2. The maximum atomic E-state index is 13.7. The summed E-state index contributed by atoms with van der Waals surface area (Å²) >= 11 is 0. The van der Waals surface area contributed by atoms with Crippen LogP contribution in [0.5, 0.6) is 5.75 Å². The number of ether oxygens (including phenoxy) is 2. The minimum Gasteiger partial charge on any atom is -0.508 e. The summed E-state index contributed by atoms with van der Waals surface area (Å²) in [6.45, 7) is 9.42. The molecule has 12 nitrogen and oxygen atoms in total. The van der Waals surface area contributed by atoms with Gasteiger partial charge in [-0.05, 0) is 88.3 Å². The molecule has 238 valence electrons. The molecular formula is C32H43N5O7. The molecule has 0 aliphatic heterocycles. The molecule has 44 heavy (non-hydrogen) atoms. The van der Waals surface area contributed by atoms with Crippen molar-refractivity contribution in [2.24, 2.45) is 0 Å². The number of hydrogen-bond acceptors (Lipinski definition) is 9. The second-order valence-electron chi connectivity index (χ2n) is 11.6. The molecule has 3 aromatic rings. The molecule has 0 bridgehead atoms. The van der Waals surface area contributed by atoms with Crippen molar-refractivity contribution in [3.63, 3.8) is 0 Å². The minimum atomic E-state index is -0.993. The van der Waals surface area contributed by atoms with Gasteiger partial charge in [0, 0.05) is 19.4 Å². The monoisotopic (exact) mass is 609 g/mol. The van der Waals surface area contributed by atoms with E-state index < -0.39 is 35.8 Å². The topological polar surface area (TPSA) is 165 Å². The van der Waals surface area contributed by atoms with Gasteiger partial charge in [-0.2, -0.15) is 4.98 Å². The molecule has 0 aliphatic carbocycles. The molecule has 4 N–H and O–H groups in total. The highest BCUT2D eigenvalue weighted by Gasteiger charge is 2.28. The maximum absolute atomic E-state index is 13.7. The SMILES string of the molecule is COC(=O)N[C@H](Cc1c(C)cc(O)cc1C)C(=O)N[C@@H](CCCCNC(=O)OC(C)(C)C)c1nc(Cc2ccccc2)no1. The van der Waals surface area contributed by atoms with Gasteiger partial charge in [0.05, 0.1) is 7.11 Å². The number of carbonyl (C=O) groups is 3. The van der Waals surface area contributed by atoms with Crippen molar-refractivity contribution in [1.29, 1.82) is 0 Å². The van der Waals surface area contributed by atoms with E-state index in [2.05, 4.69) is 26.1 Å². The van der Waals surface area contributed by atoms with Gasteiger partial charge in [0.25, 0.3) is 0 Å². The van der Waals surface area contributed by atoms with Gasteiger partial charge in [0.1, 0.15) is 23.4 Å². The number of unbranched alkanes of at least 4 members (excludes halogenated alkanes) is 1. The first kappa shape index (κ1) is 33.9. The van der Waals surface area contributed by atoms with Crippen molar-refractivity contribution in [1.82, 2.24) is 26.1 Å². The number of amides is 3. The molecule has 2 atom stereocenters. The number of alkyl carbamates (subject to hydrolysis) is 2. The van der Waals surface area contributed by atoms with E-state index in [1.54, 1.807) is 32.9 Å². The van der Waals surface area contributed by atoms with Crippen LogP contribution in [0.4, 0.5) is 9.59 Å². The molecule has 3 amide bonds. The highest BCUT2D eigenvalue weighted by Crippen LogP contribution is 2.24. The Balaban J connectivity index is 1.76. The van der Waals surface area contributed by atoms with Gasteiger partial charge < -0.3 is 35.1 Å². The van der Waals surface area contributed by atoms with Crippen LogP contribution in [-0.2, 0) is 27.1 Å². The fourth-order valence-electron chi connectivity index (χ4n) is 4.67. The van der Waals surface area contributed by atoms with Gasteiger partial charge in [0.2, 0.25) is 11.8 Å². The predicted molar refractivity (Wildman–Crippen MR) is 163 cm³/mol. The van der Waals surface area contributed by atoms with Gasteiger partial charge in [-0.15, -0.1) is 0 Å². The lowest BCUT2D eigenvalue weighted by atomic mass is 9.95. The van der Waals surface area contributed by atoms with Crippen LogP contribution in [0.1, 0.15) is 80.0 Å². The van der Waals surface area contributed by atoms with E-state index in [9.17, 15) is 19.5 Å². The summed E-state index contributed by atoms with van der Waals surface area (Å²) in [4.78, 5) is 42.5. The van der Waals surface area contributed by atoms with Crippen LogP contribution in [0.25, 0.3) is 0 Å². The normalized spacial score (nSPS) is 12.6. The fraction of sp³-hybridized carbons (Fsp3) is 0.469. The van der Waals surface area contributed by atoms with E-state index >= 15 is 0 Å². The summed E-state index contributed by atoms with van der Waals surface area (Å²) in [6.07, 6.45) is 0.991. The van der Waals surface area contributed by atoms with Crippen LogP contribution in [0.2, 0.25) is 0 Å². The molecule has 3 rings (SSSR count). The number of aromatic hydroxyl groups is 1. The lowest BCUT2D eigenvalue weighted by Crippen LogP contribution is -2.49. The zero-order valence-electron chi connectivity index (χ0n) is 26.2. The number of aromatic nitrogens is 2. The van der Waals surface area contributed by atoms with Crippen LogP contribution in [0, 0.1) is 13.8 Å². The first-order valence-corrected chi connectivity index (χ1v) is 14.6. The Kier molecular flexibility index (Phi) is 12.1. The van der Waals surface area contributed by atoms with Crippen molar-refractivity contribution in [2.45, 2.75) is 84.4 Å². The van der Waals surface area contributed by atoms with Gasteiger partial charge in [-0.3, -0.25) is 4.79 Å². The Hall–Kier alpha value is -4.61. The molecule has 0 saturated carbocycles. The number of aryl methyl sites for hydroxylation is 2. The fourth-order valence-corrected chi connectivity index (χ4v) is 4.67. The quantitative estimate of drug-likeness (QED) is 0.199. The van der Waals surface area contributed by atoms with E-state index in [0.717, 1.165) is 22.3 Å². The molecule has 1 aromatic heterocycles. The van der Waals surface area contributed by atoms with E-state index in [1.165, 1.54) is 7.11 Å². The number of hydrogen-bond donors (Lipinski definition) is 4. The molecular weight excluding hydrogens is 566 g/mol. The second-order valence-corrected chi connectivity index (χ2v) is 11.6. The molecule has 0 radical (unpaired) electrons. The Morgan fingerprint density at radius 2 is 1.68 bits per heavy atom. The second kappa shape index (κ2) is 15.7. The third kappa shape index (κ3) is 10.9. The average Bonchev–Trinajstić information content (AvgIpc) is 3.41. The van der Waals surface area contributed by atoms with Crippen molar-refractivity contribution in [2.75, 3.05) is 13.7 Å². The number of rotatable bonds is 13. The molecule has 1 heterocycles. The molecule has 0 fully saturated rings.